The summed E-state index contributed by atoms with van der Waals surface area (Å²) >= 11 is 6.19. The quantitative estimate of drug-likeness (QED) is 0.773. The second kappa shape index (κ2) is 8.69. The molecule has 1 aromatic rings. The molecule has 4 nitrogen and oxygen atoms in total. The van der Waals surface area contributed by atoms with Crippen LogP contribution in [0.5, 0.6) is 11.5 Å². The number of nitrogens with one attached hydrogen (secondary N) is 1. The van der Waals surface area contributed by atoms with Crippen molar-refractivity contribution in [3.05, 3.63) is 28.8 Å². The van der Waals surface area contributed by atoms with Crippen LogP contribution in [-0.4, -0.2) is 25.7 Å². The zero-order valence-corrected chi connectivity index (χ0v) is 14.5. The fourth-order valence-electron chi connectivity index (χ4n) is 1.73. The van der Waals surface area contributed by atoms with Gasteiger partial charge in [0.2, 0.25) is 5.91 Å². The predicted octanol–water partition coefficient (Wildman–Crippen LogP) is 3.92. The number of carbonyl (C=O) groups is 1. The maximum absolute atomic E-state index is 11.9. The smallest absolute Gasteiger partial charge is 0.244 e. The molecule has 1 aromatic carbocycles. The van der Waals surface area contributed by atoms with Gasteiger partial charge in [-0.05, 0) is 43.5 Å². The first-order valence-electron chi connectivity index (χ1n) is 7.37. The first kappa shape index (κ1) is 18.4. The topological polar surface area (TPSA) is 47.6 Å². The fourth-order valence-corrected chi connectivity index (χ4v) is 2.01. The van der Waals surface area contributed by atoms with Crippen LogP contribution in [0.2, 0.25) is 5.02 Å². The normalized spacial score (nSPS) is 12.5. The van der Waals surface area contributed by atoms with Crippen LogP contribution in [0, 0.1) is 5.92 Å². The van der Waals surface area contributed by atoms with Gasteiger partial charge in [-0.1, -0.05) is 25.4 Å². The Morgan fingerprint density at radius 3 is 2.59 bits per heavy atom. The third kappa shape index (κ3) is 5.26. The number of halogens is 1. The van der Waals surface area contributed by atoms with Gasteiger partial charge in [-0.2, -0.15) is 0 Å². The molecule has 122 valence electrons. The third-order valence-corrected chi connectivity index (χ3v) is 3.62. The molecule has 0 saturated carbocycles. The van der Waals surface area contributed by atoms with Gasteiger partial charge in [0.25, 0.3) is 0 Å². The van der Waals surface area contributed by atoms with Gasteiger partial charge in [0, 0.05) is 12.1 Å². The summed E-state index contributed by atoms with van der Waals surface area (Å²) in [6.45, 7) is 8.48. The van der Waals surface area contributed by atoms with E-state index in [2.05, 4.69) is 19.2 Å². The van der Waals surface area contributed by atoms with Crippen molar-refractivity contribution in [2.24, 2.45) is 5.92 Å². The minimum absolute atomic E-state index is 0.121. The lowest BCUT2D eigenvalue weighted by atomic mass is 10.1. The Labute approximate surface area is 137 Å². The summed E-state index contributed by atoms with van der Waals surface area (Å²) in [5.41, 5.74) is 0.776. The highest BCUT2D eigenvalue weighted by molar-refractivity contribution is 6.32. The van der Waals surface area contributed by atoms with Crippen molar-refractivity contribution in [2.45, 2.75) is 33.7 Å². The molecule has 0 aromatic heterocycles. The van der Waals surface area contributed by atoms with Gasteiger partial charge >= 0.3 is 0 Å². The fraction of sp³-hybridized carbons (Fsp3) is 0.471. The van der Waals surface area contributed by atoms with Crippen LogP contribution < -0.4 is 14.8 Å². The molecule has 0 heterocycles. The lowest BCUT2D eigenvalue weighted by molar-refractivity contribution is -0.117. The van der Waals surface area contributed by atoms with Crippen molar-refractivity contribution >= 4 is 23.6 Å². The van der Waals surface area contributed by atoms with Gasteiger partial charge in [-0.3, -0.25) is 4.79 Å². The van der Waals surface area contributed by atoms with Crippen LogP contribution in [-0.2, 0) is 4.79 Å². The van der Waals surface area contributed by atoms with E-state index in [1.54, 1.807) is 25.3 Å². The van der Waals surface area contributed by atoms with Crippen LogP contribution in [0.4, 0.5) is 0 Å². The number of amides is 1. The van der Waals surface area contributed by atoms with E-state index < -0.39 is 0 Å². The summed E-state index contributed by atoms with van der Waals surface area (Å²) in [6, 6.07) is 3.65. The van der Waals surface area contributed by atoms with E-state index in [9.17, 15) is 4.79 Å². The molecular formula is C17H24ClNO3. The van der Waals surface area contributed by atoms with Gasteiger partial charge in [-0.25, -0.2) is 0 Å². The molecule has 0 aliphatic heterocycles. The number of benzene rings is 1. The standard InChI is InChI=1S/C17H24ClNO3/c1-6-22-17-14(18)9-13(10-15(17)21-5)7-8-16(20)19-12(4)11(2)3/h7-12H,6H2,1-5H3,(H,19,20)/b8-7+. The Balaban J connectivity index is 2.87. The number of rotatable bonds is 7. The van der Waals surface area contributed by atoms with Crippen molar-refractivity contribution in [1.29, 1.82) is 0 Å². The highest BCUT2D eigenvalue weighted by Gasteiger charge is 2.11. The van der Waals surface area contributed by atoms with E-state index in [1.807, 2.05) is 13.8 Å². The Bertz CT molecular complexity index is 541. The minimum Gasteiger partial charge on any atom is -0.493 e. The Morgan fingerprint density at radius 1 is 1.36 bits per heavy atom. The van der Waals surface area contributed by atoms with Crippen molar-refractivity contribution in [1.82, 2.24) is 5.32 Å². The number of hydrogen-bond acceptors (Lipinski definition) is 3. The molecule has 0 bridgehead atoms. The summed E-state index contributed by atoms with van der Waals surface area (Å²) < 4.78 is 10.7. The lowest BCUT2D eigenvalue weighted by Crippen LogP contribution is -2.34. The SMILES string of the molecule is CCOc1c(Cl)cc(/C=C/C(=O)NC(C)C(C)C)cc1OC. The highest BCUT2D eigenvalue weighted by atomic mass is 35.5. The zero-order valence-electron chi connectivity index (χ0n) is 13.8. The van der Waals surface area contributed by atoms with Crippen LogP contribution in [0.25, 0.3) is 6.08 Å². The van der Waals surface area contributed by atoms with Crippen molar-refractivity contribution in [2.75, 3.05) is 13.7 Å². The molecule has 0 aliphatic rings. The molecule has 0 aliphatic carbocycles. The number of ether oxygens (including phenoxy) is 2. The second-order valence-electron chi connectivity index (χ2n) is 5.34. The van der Waals surface area contributed by atoms with Crippen LogP contribution in [0.1, 0.15) is 33.3 Å². The molecule has 5 heteroatoms. The molecule has 1 atom stereocenters. The number of methoxy groups -OCH3 is 1. The Morgan fingerprint density at radius 2 is 2.05 bits per heavy atom. The van der Waals surface area contributed by atoms with Crippen molar-refractivity contribution in [3.63, 3.8) is 0 Å². The van der Waals surface area contributed by atoms with Crippen molar-refractivity contribution < 1.29 is 14.3 Å². The van der Waals surface area contributed by atoms with Gasteiger partial charge < -0.3 is 14.8 Å². The van der Waals surface area contributed by atoms with Crippen LogP contribution in [0.15, 0.2) is 18.2 Å². The Hall–Kier alpha value is -1.68. The Kier molecular flexibility index (Phi) is 7.25. The van der Waals surface area contributed by atoms with Gasteiger partial charge in [0.1, 0.15) is 0 Å². The van der Waals surface area contributed by atoms with Crippen molar-refractivity contribution in [3.8, 4) is 11.5 Å². The molecule has 0 fully saturated rings. The molecule has 0 spiro atoms. The van der Waals surface area contributed by atoms with Gasteiger partial charge in [0.15, 0.2) is 11.5 Å². The van der Waals surface area contributed by atoms with E-state index >= 15 is 0 Å². The number of hydrogen-bond donors (Lipinski definition) is 1. The van der Waals surface area contributed by atoms with E-state index in [1.165, 1.54) is 6.08 Å². The molecule has 1 N–H and O–H groups in total. The van der Waals surface area contributed by atoms with Gasteiger partial charge in [-0.15, -0.1) is 0 Å². The largest absolute Gasteiger partial charge is 0.493 e. The van der Waals surface area contributed by atoms with E-state index in [4.69, 9.17) is 21.1 Å². The summed E-state index contributed by atoms with van der Waals surface area (Å²) in [7, 11) is 1.55. The monoisotopic (exact) mass is 325 g/mol. The maximum atomic E-state index is 11.9. The second-order valence-corrected chi connectivity index (χ2v) is 5.75. The predicted molar refractivity (Wildman–Crippen MR) is 90.6 cm³/mol. The van der Waals surface area contributed by atoms with Crippen LogP contribution >= 0.6 is 11.6 Å². The molecular weight excluding hydrogens is 302 g/mol. The summed E-state index contributed by atoms with van der Waals surface area (Å²) in [5, 5.41) is 3.37. The zero-order chi connectivity index (χ0) is 16.7. The third-order valence-electron chi connectivity index (χ3n) is 3.34. The molecule has 1 unspecified atom stereocenters. The molecule has 0 radical (unpaired) electrons. The first-order valence-corrected chi connectivity index (χ1v) is 7.75. The molecule has 22 heavy (non-hydrogen) atoms. The van der Waals surface area contributed by atoms with Crippen LogP contribution in [0.3, 0.4) is 0 Å². The summed E-state index contributed by atoms with van der Waals surface area (Å²) in [5.74, 6) is 1.31. The van der Waals surface area contributed by atoms with Gasteiger partial charge in [0.05, 0.1) is 18.7 Å². The molecule has 0 saturated heterocycles. The summed E-state index contributed by atoms with van der Waals surface area (Å²) in [6.07, 6.45) is 3.19. The molecule has 1 rings (SSSR count). The first-order chi connectivity index (χ1) is 10.4. The summed E-state index contributed by atoms with van der Waals surface area (Å²) in [4.78, 5) is 11.9. The molecule has 1 amide bonds. The minimum atomic E-state index is -0.134. The average molecular weight is 326 g/mol. The maximum Gasteiger partial charge on any atom is 0.244 e. The van der Waals surface area contributed by atoms with E-state index in [-0.39, 0.29) is 11.9 Å². The highest BCUT2D eigenvalue weighted by Crippen LogP contribution is 2.36. The lowest BCUT2D eigenvalue weighted by Gasteiger charge is -2.16. The number of carbonyl (C=O) groups excluding carboxylic acids is 1. The van der Waals surface area contributed by atoms with E-state index in [0.29, 0.717) is 29.0 Å². The van der Waals surface area contributed by atoms with E-state index in [0.717, 1.165) is 5.56 Å². The average Bonchev–Trinajstić information content (AvgIpc) is 2.47.